The molecular formula is C13H16N4O. The van der Waals surface area contributed by atoms with Crippen molar-refractivity contribution in [3.8, 4) is 0 Å². The molecule has 5 nitrogen and oxygen atoms in total. The van der Waals surface area contributed by atoms with E-state index in [1.54, 1.807) is 18.3 Å². The van der Waals surface area contributed by atoms with E-state index in [4.69, 9.17) is 0 Å². The molecule has 0 spiro atoms. The van der Waals surface area contributed by atoms with Crippen LogP contribution in [0.15, 0.2) is 41.3 Å². The average molecular weight is 244 g/mol. The van der Waals surface area contributed by atoms with E-state index >= 15 is 0 Å². The van der Waals surface area contributed by atoms with Gasteiger partial charge >= 0.3 is 0 Å². The van der Waals surface area contributed by atoms with Crippen molar-refractivity contribution in [1.29, 1.82) is 0 Å². The van der Waals surface area contributed by atoms with Gasteiger partial charge in [0.1, 0.15) is 0 Å². The van der Waals surface area contributed by atoms with Crippen LogP contribution in [0.5, 0.6) is 0 Å². The number of pyridine rings is 1. The molecule has 0 saturated carbocycles. The first-order valence-corrected chi connectivity index (χ1v) is 5.91. The third-order valence-electron chi connectivity index (χ3n) is 2.53. The standard InChI is InChI=1S/C13H16N4O/c1-11-5-6-13(18)17(16-11)9-8-14-10-12-4-2-3-7-15-12/h2-7,14H,8-10H2,1H3. The first kappa shape index (κ1) is 12.4. The molecule has 0 atom stereocenters. The highest BCUT2D eigenvalue weighted by atomic mass is 16.1. The zero-order valence-corrected chi connectivity index (χ0v) is 10.3. The second-order valence-corrected chi connectivity index (χ2v) is 4.03. The topological polar surface area (TPSA) is 59.8 Å². The number of hydrogen-bond donors (Lipinski definition) is 1. The Balaban J connectivity index is 1.82. The highest BCUT2D eigenvalue weighted by molar-refractivity contribution is 5.02. The van der Waals surface area contributed by atoms with Crippen molar-refractivity contribution in [2.24, 2.45) is 0 Å². The van der Waals surface area contributed by atoms with Crippen LogP contribution in [-0.2, 0) is 13.1 Å². The highest BCUT2D eigenvalue weighted by Crippen LogP contribution is 1.91. The van der Waals surface area contributed by atoms with Crippen LogP contribution in [-0.4, -0.2) is 21.3 Å². The van der Waals surface area contributed by atoms with Crippen molar-refractivity contribution in [3.63, 3.8) is 0 Å². The van der Waals surface area contributed by atoms with Crippen LogP contribution in [0.3, 0.4) is 0 Å². The van der Waals surface area contributed by atoms with Gasteiger partial charge in [-0.05, 0) is 25.1 Å². The molecule has 2 heterocycles. The van der Waals surface area contributed by atoms with E-state index in [2.05, 4.69) is 15.4 Å². The molecule has 0 fully saturated rings. The van der Waals surface area contributed by atoms with Crippen LogP contribution in [0, 0.1) is 6.92 Å². The number of rotatable bonds is 5. The van der Waals surface area contributed by atoms with E-state index in [-0.39, 0.29) is 5.56 Å². The minimum absolute atomic E-state index is 0.0692. The van der Waals surface area contributed by atoms with Gasteiger partial charge in [0, 0.05) is 25.4 Å². The Morgan fingerprint density at radius 2 is 2.17 bits per heavy atom. The maximum atomic E-state index is 11.5. The summed E-state index contributed by atoms with van der Waals surface area (Å²) in [6.45, 7) is 3.82. The lowest BCUT2D eigenvalue weighted by Crippen LogP contribution is -2.28. The quantitative estimate of drug-likeness (QED) is 0.788. The van der Waals surface area contributed by atoms with Crippen LogP contribution in [0.2, 0.25) is 0 Å². The van der Waals surface area contributed by atoms with Crippen LogP contribution in [0.25, 0.3) is 0 Å². The maximum Gasteiger partial charge on any atom is 0.266 e. The van der Waals surface area contributed by atoms with E-state index in [1.807, 2.05) is 25.1 Å². The molecule has 0 aliphatic heterocycles. The van der Waals surface area contributed by atoms with Gasteiger partial charge in [-0.15, -0.1) is 0 Å². The lowest BCUT2D eigenvalue weighted by molar-refractivity contribution is 0.525. The van der Waals surface area contributed by atoms with Crippen LogP contribution >= 0.6 is 0 Å². The summed E-state index contributed by atoms with van der Waals surface area (Å²) in [7, 11) is 0. The van der Waals surface area contributed by atoms with Crippen molar-refractivity contribution in [3.05, 3.63) is 58.3 Å². The molecule has 0 bridgehead atoms. The molecule has 0 aromatic carbocycles. The predicted octanol–water partition coefficient (Wildman–Crippen LogP) is 0.737. The molecule has 94 valence electrons. The fraction of sp³-hybridized carbons (Fsp3) is 0.308. The zero-order valence-electron chi connectivity index (χ0n) is 10.3. The first-order valence-electron chi connectivity index (χ1n) is 5.91. The van der Waals surface area contributed by atoms with Gasteiger partial charge in [0.2, 0.25) is 0 Å². The number of hydrogen-bond acceptors (Lipinski definition) is 4. The zero-order chi connectivity index (χ0) is 12.8. The summed E-state index contributed by atoms with van der Waals surface area (Å²) in [6, 6.07) is 9.07. The summed E-state index contributed by atoms with van der Waals surface area (Å²) >= 11 is 0. The van der Waals surface area contributed by atoms with Gasteiger partial charge in [0.15, 0.2) is 0 Å². The molecule has 1 N–H and O–H groups in total. The summed E-state index contributed by atoms with van der Waals surface area (Å²) in [5, 5.41) is 7.40. The molecule has 0 unspecified atom stereocenters. The second-order valence-electron chi connectivity index (χ2n) is 4.03. The van der Waals surface area contributed by atoms with Gasteiger partial charge in [-0.1, -0.05) is 6.07 Å². The Kier molecular flexibility index (Phi) is 4.20. The molecule has 0 aliphatic rings. The van der Waals surface area contributed by atoms with Crippen LogP contribution in [0.1, 0.15) is 11.4 Å². The fourth-order valence-electron chi connectivity index (χ4n) is 1.62. The molecule has 2 rings (SSSR count). The molecule has 5 heteroatoms. The van der Waals surface area contributed by atoms with Gasteiger partial charge < -0.3 is 5.32 Å². The molecule has 0 amide bonds. The van der Waals surface area contributed by atoms with Gasteiger partial charge in [0.05, 0.1) is 17.9 Å². The van der Waals surface area contributed by atoms with Crippen LogP contribution in [0.4, 0.5) is 0 Å². The normalized spacial score (nSPS) is 10.5. The van der Waals surface area contributed by atoms with Crippen molar-refractivity contribution in [1.82, 2.24) is 20.1 Å². The predicted molar refractivity (Wildman–Crippen MR) is 69.2 cm³/mol. The molecule has 2 aromatic rings. The summed E-state index contributed by atoms with van der Waals surface area (Å²) in [6.07, 6.45) is 1.77. The van der Waals surface area contributed by atoms with Crippen molar-refractivity contribution >= 4 is 0 Å². The Hall–Kier alpha value is -2.01. The highest BCUT2D eigenvalue weighted by Gasteiger charge is 1.97. The maximum absolute atomic E-state index is 11.5. The summed E-state index contributed by atoms with van der Waals surface area (Å²) in [5.41, 5.74) is 1.77. The van der Waals surface area contributed by atoms with Gasteiger partial charge in [0.25, 0.3) is 5.56 Å². The molecule has 18 heavy (non-hydrogen) atoms. The lowest BCUT2D eigenvalue weighted by Gasteiger charge is -2.06. The summed E-state index contributed by atoms with van der Waals surface area (Å²) < 4.78 is 1.47. The first-order chi connectivity index (χ1) is 8.75. The largest absolute Gasteiger partial charge is 0.309 e. The van der Waals surface area contributed by atoms with Gasteiger partial charge in [-0.3, -0.25) is 9.78 Å². The molecule has 0 saturated heterocycles. The van der Waals surface area contributed by atoms with Crippen LogP contribution < -0.4 is 10.9 Å². The Bertz CT molecular complexity index is 550. The Labute approximate surface area is 105 Å². The fourth-order valence-corrected chi connectivity index (χ4v) is 1.62. The van der Waals surface area contributed by atoms with Crippen molar-refractivity contribution in [2.75, 3.05) is 6.54 Å². The van der Waals surface area contributed by atoms with E-state index in [9.17, 15) is 4.79 Å². The minimum atomic E-state index is -0.0692. The average Bonchev–Trinajstić information content (AvgIpc) is 2.40. The number of nitrogens with zero attached hydrogens (tertiary/aromatic N) is 3. The monoisotopic (exact) mass is 244 g/mol. The smallest absolute Gasteiger partial charge is 0.266 e. The van der Waals surface area contributed by atoms with E-state index in [1.165, 1.54) is 4.68 Å². The minimum Gasteiger partial charge on any atom is -0.309 e. The molecule has 2 aromatic heterocycles. The van der Waals surface area contributed by atoms with E-state index in [0.717, 1.165) is 11.4 Å². The SMILES string of the molecule is Cc1ccc(=O)n(CCNCc2ccccn2)n1. The molecule has 0 radical (unpaired) electrons. The Morgan fingerprint density at radius 3 is 2.94 bits per heavy atom. The lowest BCUT2D eigenvalue weighted by atomic mass is 10.3. The van der Waals surface area contributed by atoms with E-state index < -0.39 is 0 Å². The number of aromatic nitrogens is 3. The second kappa shape index (κ2) is 6.07. The Morgan fingerprint density at radius 1 is 1.28 bits per heavy atom. The molecular weight excluding hydrogens is 228 g/mol. The number of aryl methyl sites for hydroxylation is 1. The molecule has 0 aliphatic carbocycles. The van der Waals surface area contributed by atoms with Crippen molar-refractivity contribution < 1.29 is 0 Å². The van der Waals surface area contributed by atoms with Gasteiger partial charge in [-0.2, -0.15) is 5.10 Å². The van der Waals surface area contributed by atoms with Gasteiger partial charge in [-0.25, -0.2) is 4.68 Å². The van der Waals surface area contributed by atoms with Crippen molar-refractivity contribution in [2.45, 2.75) is 20.0 Å². The summed E-state index contributed by atoms with van der Waals surface area (Å²) in [5.74, 6) is 0. The third kappa shape index (κ3) is 3.49. The third-order valence-corrected chi connectivity index (χ3v) is 2.53. The summed E-state index contributed by atoms with van der Waals surface area (Å²) in [4.78, 5) is 15.7. The number of nitrogens with one attached hydrogen (secondary N) is 1. The van der Waals surface area contributed by atoms with E-state index in [0.29, 0.717) is 19.6 Å².